The minimum absolute atomic E-state index is 0.137. The largest absolute Gasteiger partial charge is 0.490 e. The first kappa shape index (κ1) is 20.7. The number of ether oxygens (including phenoxy) is 2. The highest BCUT2D eigenvalue weighted by Gasteiger charge is 2.28. The van der Waals surface area contributed by atoms with Crippen molar-refractivity contribution in [2.75, 3.05) is 6.61 Å². The third-order valence-electron chi connectivity index (χ3n) is 5.23. The molecule has 1 aliphatic carbocycles. The van der Waals surface area contributed by atoms with Crippen LogP contribution in [0.1, 0.15) is 71.6 Å². The lowest BCUT2D eigenvalue weighted by atomic mass is 9.81. The second-order valence-electron chi connectivity index (χ2n) is 7.15. The zero-order valence-corrected chi connectivity index (χ0v) is 15.9. The van der Waals surface area contributed by atoms with Crippen LogP contribution in [0.25, 0.3) is 0 Å². The zero-order chi connectivity index (χ0) is 18.9. The van der Waals surface area contributed by atoms with E-state index < -0.39 is 17.6 Å². The van der Waals surface area contributed by atoms with Crippen LogP contribution in [-0.2, 0) is 4.79 Å². The van der Waals surface area contributed by atoms with Crippen molar-refractivity contribution in [3.63, 3.8) is 0 Å². The minimum Gasteiger partial charge on any atom is -0.490 e. The normalized spacial score (nSPS) is 20.0. The van der Waals surface area contributed by atoms with Crippen molar-refractivity contribution in [1.82, 2.24) is 0 Å². The summed E-state index contributed by atoms with van der Waals surface area (Å²) in [6.07, 6.45) is 8.57. The van der Waals surface area contributed by atoms with E-state index >= 15 is 0 Å². The van der Waals surface area contributed by atoms with Gasteiger partial charge < -0.3 is 9.47 Å². The van der Waals surface area contributed by atoms with E-state index in [4.69, 9.17) is 9.47 Å². The SMILES string of the molecule is CCCCCCOc1ccc(OC(=O)C2CCC(CC)CC2)c(F)c1F. The molecule has 0 unspecified atom stereocenters. The van der Waals surface area contributed by atoms with E-state index in [2.05, 4.69) is 13.8 Å². The topological polar surface area (TPSA) is 35.5 Å². The van der Waals surface area contributed by atoms with Gasteiger partial charge in [0.05, 0.1) is 12.5 Å². The Kier molecular flexibility index (Phi) is 8.33. The van der Waals surface area contributed by atoms with Crippen molar-refractivity contribution in [1.29, 1.82) is 0 Å². The molecule has 0 atom stereocenters. The van der Waals surface area contributed by atoms with Crippen molar-refractivity contribution >= 4 is 5.97 Å². The smallest absolute Gasteiger partial charge is 0.314 e. The van der Waals surface area contributed by atoms with E-state index in [1.54, 1.807) is 0 Å². The Hall–Kier alpha value is -1.65. The molecule has 1 aromatic carbocycles. The lowest BCUT2D eigenvalue weighted by molar-refractivity contribution is -0.140. The van der Waals surface area contributed by atoms with Crippen LogP contribution in [-0.4, -0.2) is 12.6 Å². The quantitative estimate of drug-likeness (QED) is 0.302. The van der Waals surface area contributed by atoms with Gasteiger partial charge in [0.2, 0.25) is 11.6 Å². The minimum atomic E-state index is -1.16. The maximum absolute atomic E-state index is 14.2. The number of esters is 1. The van der Waals surface area contributed by atoms with E-state index in [1.165, 1.54) is 12.1 Å². The molecule has 1 aromatic rings. The summed E-state index contributed by atoms with van der Waals surface area (Å²) in [4.78, 5) is 12.2. The number of carbonyl (C=O) groups excluding carboxylic acids is 1. The molecule has 0 spiro atoms. The van der Waals surface area contributed by atoms with E-state index in [-0.39, 0.29) is 17.4 Å². The summed E-state index contributed by atoms with van der Waals surface area (Å²) in [6.45, 7) is 4.59. The molecular weight excluding hydrogens is 338 g/mol. The molecule has 0 N–H and O–H groups in total. The summed E-state index contributed by atoms with van der Waals surface area (Å²) >= 11 is 0. The summed E-state index contributed by atoms with van der Waals surface area (Å²) in [6, 6.07) is 2.60. The Balaban J connectivity index is 1.89. The van der Waals surface area contributed by atoms with Crippen LogP contribution in [0.15, 0.2) is 12.1 Å². The predicted molar refractivity (Wildman–Crippen MR) is 97.4 cm³/mol. The van der Waals surface area contributed by atoms with E-state index in [9.17, 15) is 13.6 Å². The Morgan fingerprint density at radius 1 is 1.00 bits per heavy atom. The standard InChI is InChI=1S/C21H30F2O3/c1-3-5-6-7-14-25-17-12-13-18(20(23)19(17)22)26-21(24)16-10-8-15(4-2)9-11-16/h12-13,15-16H,3-11,14H2,1-2H3. The number of halogens is 2. The monoisotopic (exact) mass is 368 g/mol. The predicted octanol–water partition coefficient (Wildman–Crippen LogP) is 6.05. The molecule has 0 bridgehead atoms. The highest BCUT2D eigenvalue weighted by molar-refractivity contribution is 5.75. The maximum atomic E-state index is 14.2. The van der Waals surface area contributed by atoms with Crippen molar-refractivity contribution in [2.45, 2.75) is 71.6 Å². The number of unbranched alkanes of at least 4 members (excludes halogenated alkanes) is 3. The van der Waals surface area contributed by atoms with Gasteiger partial charge in [-0.25, -0.2) is 0 Å². The summed E-state index contributed by atoms with van der Waals surface area (Å²) in [5.41, 5.74) is 0. The van der Waals surface area contributed by atoms with Gasteiger partial charge in [-0.15, -0.1) is 0 Å². The molecular formula is C21H30F2O3. The molecule has 0 aliphatic heterocycles. The van der Waals surface area contributed by atoms with E-state index in [1.807, 2.05) is 0 Å². The molecule has 1 saturated carbocycles. The van der Waals surface area contributed by atoms with Crippen LogP contribution >= 0.6 is 0 Å². The van der Waals surface area contributed by atoms with Gasteiger partial charge in [-0.2, -0.15) is 8.78 Å². The second-order valence-corrected chi connectivity index (χ2v) is 7.15. The maximum Gasteiger partial charge on any atom is 0.314 e. The second kappa shape index (κ2) is 10.5. The van der Waals surface area contributed by atoms with E-state index in [0.717, 1.165) is 57.8 Å². The summed E-state index contributed by atoms with van der Waals surface area (Å²) in [7, 11) is 0. The molecule has 26 heavy (non-hydrogen) atoms. The lowest BCUT2D eigenvalue weighted by Gasteiger charge is -2.26. The van der Waals surface area contributed by atoms with Crippen LogP contribution in [0.5, 0.6) is 11.5 Å². The van der Waals surface area contributed by atoms with Crippen LogP contribution in [0.3, 0.4) is 0 Å². The van der Waals surface area contributed by atoms with Crippen LogP contribution in [0.4, 0.5) is 8.78 Å². The molecule has 0 heterocycles. The molecule has 1 fully saturated rings. The molecule has 0 amide bonds. The van der Waals surface area contributed by atoms with Gasteiger partial charge in [-0.1, -0.05) is 39.5 Å². The molecule has 146 valence electrons. The number of carbonyl (C=O) groups is 1. The molecule has 0 aromatic heterocycles. The third kappa shape index (κ3) is 5.68. The van der Waals surface area contributed by atoms with Gasteiger partial charge >= 0.3 is 5.97 Å². The van der Waals surface area contributed by atoms with Crippen LogP contribution in [0, 0.1) is 23.5 Å². The van der Waals surface area contributed by atoms with Crippen LogP contribution in [0.2, 0.25) is 0 Å². The molecule has 5 heteroatoms. The van der Waals surface area contributed by atoms with Crippen molar-refractivity contribution in [2.24, 2.45) is 11.8 Å². The van der Waals surface area contributed by atoms with Gasteiger partial charge in [0.1, 0.15) is 0 Å². The fourth-order valence-electron chi connectivity index (χ4n) is 3.41. The number of benzene rings is 1. The van der Waals surface area contributed by atoms with Crippen molar-refractivity contribution in [3.05, 3.63) is 23.8 Å². The van der Waals surface area contributed by atoms with Gasteiger partial charge in [0, 0.05) is 0 Å². The summed E-state index contributed by atoms with van der Waals surface area (Å²) < 4.78 is 38.8. The van der Waals surface area contributed by atoms with Crippen molar-refractivity contribution < 1.29 is 23.0 Å². The average Bonchev–Trinajstić information content (AvgIpc) is 2.67. The summed E-state index contributed by atoms with van der Waals surface area (Å²) in [5, 5.41) is 0. The molecule has 3 nitrogen and oxygen atoms in total. The molecule has 0 radical (unpaired) electrons. The van der Waals surface area contributed by atoms with Gasteiger partial charge in [0.15, 0.2) is 11.5 Å². The first-order valence-electron chi connectivity index (χ1n) is 9.89. The number of hydrogen-bond acceptors (Lipinski definition) is 3. The third-order valence-corrected chi connectivity index (χ3v) is 5.23. The van der Waals surface area contributed by atoms with Gasteiger partial charge in [-0.3, -0.25) is 4.79 Å². The Morgan fingerprint density at radius 2 is 1.65 bits per heavy atom. The Bertz CT molecular complexity index is 581. The summed E-state index contributed by atoms with van der Waals surface area (Å²) in [5.74, 6) is -2.79. The molecule has 0 saturated heterocycles. The Labute approximate surface area is 155 Å². The average molecular weight is 368 g/mol. The van der Waals surface area contributed by atoms with E-state index in [0.29, 0.717) is 12.5 Å². The lowest BCUT2D eigenvalue weighted by Crippen LogP contribution is -2.25. The fourth-order valence-corrected chi connectivity index (χ4v) is 3.41. The Morgan fingerprint density at radius 3 is 2.31 bits per heavy atom. The zero-order valence-electron chi connectivity index (χ0n) is 15.9. The highest BCUT2D eigenvalue weighted by atomic mass is 19.2. The van der Waals surface area contributed by atoms with Crippen LogP contribution < -0.4 is 9.47 Å². The first-order valence-corrected chi connectivity index (χ1v) is 9.89. The number of rotatable bonds is 9. The van der Waals surface area contributed by atoms with Gasteiger partial charge in [-0.05, 0) is 50.2 Å². The number of hydrogen-bond donors (Lipinski definition) is 0. The highest BCUT2D eigenvalue weighted by Crippen LogP contribution is 2.33. The molecule has 2 rings (SSSR count). The molecule has 1 aliphatic rings. The van der Waals surface area contributed by atoms with Crippen molar-refractivity contribution in [3.8, 4) is 11.5 Å². The fraction of sp³-hybridized carbons (Fsp3) is 0.667. The first-order chi connectivity index (χ1) is 12.6. The van der Waals surface area contributed by atoms with Gasteiger partial charge in [0.25, 0.3) is 0 Å².